The van der Waals surface area contributed by atoms with Gasteiger partial charge in [-0.1, -0.05) is 24.3 Å². The van der Waals surface area contributed by atoms with Crippen molar-refractivity contribution in [3.63, 3.8) is 0 Å². The summed E-state index contributed by atoms with van der Waals surface area (Å²) < 4.78 is 0. The number of thiazole rings is 1. The molecule has 1 aromatic heterocycles. The summed E-state index contributed by atoms with van der Waals surface area (Å²) in [4.78, 5) is 29.5. The smallest absolute Gasteiger partial charge is 0.315 e. The van der Waals surface area contributed by atoms with Crippen LogP contribution in [0.3, 0.4) is 0 Å². The lowest BCUT2D eigenvalue weighted by Crippen LogP contribution is -2.42. The standard InChI is InChI=1S/C14H13N3O2S/c18-12(16-14-15-6-8-20-14)13(19)17-7-5-10-3-1-2-4-11(10)9-17/h1-4,6,8H,5,7,9H2,(H,15,16,18). The number of carbonyl (C=O) groups is 2. The van der Waals surface area contributed by atoms with Crippen LogP contribution in [0.15, 0.2) is 35.8 Å². The molecule has 1 N–H and O–H groups in total. The van der Waals surface area contributed by atoms with Gasteiger partial charge in [0.25, 0.3) is 0 Å². The number of hydrogen-bond donors (Lipinski definition) is 1. The van der Waals surface area contributed by atoms with Crippen LogP contribution in [0, 0.1) is 0 Å². The molecule has 102 valence electrons. The summed E-state index contributed by atoms with van der Waals surface area (Å²) in [5, 5.41) is 4.71. The molecule has 0 spiro atoms. The average molecular weight is 287 g/mol. The number of amides is 2. The van der Waals surface area contributed by atoms with E-state index in [2.05, 4.69) is 16.4 Å². The van der Waals surface area contributed by atoms with Crippen molar-refractivity contribution < 1.29 is 9.59 Å². The molecule has 2 aromatic rings. The van der Waals surface area contributed by atoms with Crippen molar-refractivity contribution in [2.75, 3.05) is 11.9 Å². The second-order valence-corrected chi connectivity index (χ2v) is 5.43. The molecular weight excluding hydrogens is 274 g/mol. The van der Waals surface area contributed by atoms with Gasteiger partial charge in [0.05, 0.1) is 0 Å². The number of rotatable bonds is 1. The zero-order valence-corrected chi connectivity index (χ0v) is 11.5. The van der Waals surface area contributed by atoms with Gasteiger partial charge in [0.2, 0.25) is 0 Å². The van der Waals surface area contributed by atoms with E-state index in [9.17, 15) is 9.59 Å². The van der Waals surface area contributed by atoms with Gasteiger partial charge in [-0.2, -0.15) is 0 Å². The summed E-state index contributed by atoms with van der Waals surface area (Å²) in [5.74, 6) is -1.13. The molecular formula is C14H13N3O2S. The predicted octanol–water partition coefficient (Wildman–Crippen LogP) is 1.67. The van der Waals surface area contributed by atoms with Crippen molar-refractivity contribution >= 4 is 28.3 Å². The molecule has 20 heavy (non-hydrogen) atoms. The second-order valence-electron chi connectivity index (χ2n) is 4.54. The number of carbonyl (C=O) groups excluding carboxylic acids is 2. The topological polar surface area (TPSA) is 62.3 Å². The summed E-state index contributed by atoms with van der Waals surface area (Å²) in [5.41, 5.74) is 2.35. The minimum absolute atomic E-state index is 0.445. The van der Waals surface area contributed by atoms with E-state index >= 15 is 0 Å². The number of benzene rings is 1. The molecule has 1 aliphatic rings. The van der Waals surface area contributed by atoms with E-state index in [1.165, 1.54) is 16.9 Å². The molecule has 0 fully saturated rings. The highest BCUT2D eigenvalue weighted by Crippen LogP contribution is 2.19. The van der Waals surface area contributed by atoms with Crippen LogP contribution in [0.5, 0.6) is 0 Å². The van der Waals surface area contributed by atoms with Crippen molar-refractivity contribution in [2.45, 2.75) is 13.0 Å². The minimum Gasteiger partial charge on any atom is -0.330 e. The fraction of sp³-hybridized carbons (Fsp3) is 0.214. The third kappa shape index (κ3) is 2.55. The number of hydrogen-bond acceptors (Lipinski definition) is 4. The van der Waals surface area contributed by atoms with Crippen LogP contribution in [0.1, 0.15) is 11.1 Å². The van der Waals surface area contributed by atoms with Crippen LogP contribution in [0.25, 0.3) is 0 Å². The Labute approximate surface area is 120 Å². The van der Waals surface area contributed by atoms with Crippen molar-refractivity contribution in [2.24, 2.45) is 0 Å². The largest absolute Gasteiger partial charge is 0.330 e. The summed E-state index contributed by atoms with van der Waals surface area (Å²) in [6.45, 7) is 1.06. The Morgan fingerprint density at radius 1 is 1.25 bits per heavy atom. The highest BCUT2D eigenvalue weighted by molar-refractivity contribution is 7.13. The van der Waals surface area contributed by atoms with Crippen LogP contribution in [-0.4, -0.2) is 28.2 Å². The number of anilines is 1. The molecule has 2 heterocycles. The Balaban J connectivity index is 1.68. The zero-order chi connectivity index (χ0) is 13.9. The molecule has 0 bridgehead atoms. The maximum Gasteiger partial charge on any atom is 0.315 e. The molecule has 2 amide bonds. The van der Waals surface area contributed by atoms with E-state index in [1.54, 1.807) is 16.5 Å². The summed E-state index contributed by atoms with van der Waals surface area (Å²) in [6.07, 6.45) is 2.37. The van der Waals surface area contributed by atoms with E-state index < -0.39 is 11.8 Å². The molecule has 1 aliphatic heterocycles. The molecule has 3 rings (SSSR count). The maximum absolute atomic E-state index is 12.1. The molecule has 5 nitrogen and oxygen atoms in total. The molecule has 0 saturated heterocycles. The number of aromatic nitrogens is 1. The van der Waals surface area contributed by atoms with Crippen molar-refractivity contribution in [1.29, 1.82) is 0 Å². The summed E-state index contributed by atoms with van der Waals surface area (Å²) >= 11 is 1.29. The van der Waals surface area contributed by atoms with Crippen LogP contribution in [0.2, 0.25) is 0 Å². The Hall–Kier alpha value is -2.21. The third-order valence-corrected chi connectivity index (χ3v) is 3.95. The Morgan fingerprint density at radius 3 is 2.80 bits per heavy atom. The highest BCUT2D eigenvalue weighted by atomic mass is 32.1. The van der Waals surface area contributed by atoms with Gasteiger partial charge in [0.1, 0.15) is 0 Å². The molecule has 0 unspecified atom stereocenters. The first kappa shape index (κ1) is 12.8. The SMILES string of the molecule is O=C(Nc1nccs1)C(=O)N1CCc2ccccc2C1. The molecule has 1 aromatic carbocycles. The van der Waals surface area contributed by atoms with Crippen molar-refractivity contribution in [3.05, 3.63) is 47.0 Å². The van der Waals surface area contributed by atoms with Gasteiger partial charge in [-0.3, -0.25) is 14.9 Å². The van der Waals surface area contributed by atoms with Gasteiger partial charge < -0.3 is 4.90 Å². The van der Waals surface area contributed by atoms with Gasteiger partial charge in [0, 0.05) is 24.7 Å². The number of nitrogens with one attached hydrogen (secondary N) is 1. The number of nitrogens with zero attached hydrogens (tertiary/aromatic N) is 2. The van der Waals surface area contributed by atoms with Crippen LogP contribution in [0.4, 0.5) is 5.13 Å². The van der Waals surface area contributed by atoms with Crippen LogP contribution >= 0.6 is 11.3 Å². The number of fused-ring (bicyclic) bond motifs is 1. The lowest BCUT2D eigenvalue weighted by Gasteiger charge is -2.28. The zero-order valence-electron chi connectivity index (χ0n) is 10.7. The van der Waals surface area contributed by atoms with Gasteiger partial charge in [-0.15, -0.1) is 11.3 Å². The third-order valence-electron chi connectivity index (χ3n) is 3.26. The lowest BCUT2D eigenvalue weighted by atomic mass is 10.00. The van der Waals surface area contributed by atoms with E-state index in [1.807, 2.05) is 18.2 Å². The van der Waals surface area contributed by atoms with Gasteiger partial charge >= 0.3 is 11.8 Å². The van der Waals surface area contributed by atoms with Gasteiger partial charge in [0.15, 0.2) is 5.13 Å². The predicted molar refractivity (Wildman–Crippen MR) is 76.3 cm³/mol. The minimum atomic E-state index is -0.626. The first-order chi connectivity index (χ1) is 9.74. The van der Waals surface area contributed by atoms with Crippen molar-refractivity contribution in [1.82, 2.24) is 9.88 Å². The molecule has 0 radical (unpaired) electrons. The molecule has 0 saturated carbocycles. The second kappa shape index (κ2) is 5.42. The maximum atomic E-state index is 12.1. The van der Waals surface area contributed by atoms with E-state index in [0.717, 1.165) is 12.0 Å². The van der Waals surface area contributed by atoms with E-state index in [4.69, 9.17) is 0 Å². The first-order valence-electron chi connectivity index (χ1n) is 6.30. The average Bonchev–Trinajstić information content (AvgIpc) is 2.99. The Morgan fingerprint density at radius 2 is 2.05 bits per heavy atom. The fourth-order valence-corrected chi connectivity index (χ4v) is 2.77. The normalized spacial score (nSPS) is 13.7. The molecule has 6 heteroatoms. The lowest BCUT2D eigenvalue weighted by molar-refractivity contribution is -0.143. The quantitative estimate of drug-likeness (QED) is 0.812. The van der Waals surface area contributed by atoms with E-state index in [-0.39, 0.29) is 0 Å². The monoisotopic (exact) mass is 287 g/mol. The summed E-state index contributed by atoms with van der Waals surface area (Å²) in [6, 6.07) is 7.99. The fourth-order valence-electron chi connectivity index (χ4n) is 2.25. The Bertz CT molecular complexity index is 640. The van der Waals surface area contributed by atoms with E-state index in [0.29, 0.717) is 18.2 Å². The van der Waals surface area contributed by atoms with Gasteiger partial charge in [-0.25, -0.2) is 4.98 Å². The van der Waals surface area contributed by atoms with Crippen molar-refractivity contribution in [3.8, 4) is 0 Å². The Kier molecular flexibility index (Phi) is 3.47. The molecule has 0 aliphatic carbocycles. The van der Waals surface area contributed by atoms with Gasteiger partial charge in [-0.05, 0) is 17.5 Å². The molecule has 0 atom stereocenters. The van der Waals surface area contributed by atoms with Crippen LogP contribution < -0.4 is 5.32 Å². The van der Waals surface area contributed by atoms with Crippen LogP contribution in [-0.2, 0) is 22.6 Å². The highest BCUT2D eigenvalue weighted by Gasteiger charge is 2.25. The summed E-state index contributed by atoms with van der Waals surface area (Å²) in [7, 11) is 0. The first-order valence-corrected chi connectivity index (χ1v) is 7.18.